The normalized spacial score (nSPS) is 13.4. The second-order valence-electron chi connectivity index (χ2n) is 4.13. The van der Waals surface area contributed by atoms with E-state index in [9.17, 15) is 8.42 Å². The molecule has 1 aromatic carbocycles. The van der Waals surface area contributed by atoms with Crippen molar-refractivity contribution in [1.29, 1.82) is 0 Å². The molecule has 94 valence electrons. The van der Waals surface area contributed by atoms with Crippen LogP contribution in [0.2, 0.25) is 0 Å². The first-order chi connectivity index (χ1) is 7.77. The Hall–Kier alpha value is -1.33. The van der Waals surface area contributed by atoms with E-state index in [2.05, 4.69) is 11.3 Å². The summed E-state index contributed by atoms with van der Waals surface area (Å²) in [5.41, 5.74) is 7.52. The monoisotopic (exact) mass is 254 g/mol. The van der Waals surface area contributed by atoms with Gasteiger partial charge in [-0.3, -0.25) is 0 Å². The molecule has 0 fully saturated rings. The maximum Gasteiger partial charge on any atom is 0.241 e. The number of anilines is 1. The number of nitrogens with two attached hydrogens (primary N) is 1. The highest BCUT2D eigenvalue weighted by Gasteiger charge is 2.20. The molecule has 0 aliphatic heterocycles. The first kappa shape index (κ1) is 13.7. The number of rotatable bonds is 4. The van der Waals surface area contributed by atoms with Gasteiger partial charge in [-0.1, -0.05) is 6.08 Å². The molecule has 0 aliphatic rings. The Morgan fingerprint density at radius 3 is 2.24 bits per heavy atom. The van der Waals surface area contributed by atoms with Gasteiger partial charge in [0.15, 0.2) is 0 Å². The average Bonchev–Trinajstić information content (AvgIpc) is 2.14. The summed E-state index contributed by atoms with van der Waals surface area (Å²) < 4.78 is 26.8. The molecule has 1 unspecified atom stereocenters. The molecular weight excluding hydrogens is 236 g/mol. The van der Waals surface area contributed by atoms with Crippen LogP contribution in [0.5, 0.6) is 0 Å². The van der Waals surface area contributed by atoms with Crippen molar-refractivity contribution in [2.24, 2.45) is 0 Å². The van der Waals surface area contributed by atoms with Gasteiger partial charge in [-0.15, -0.1) is 6.58 Å². The van der Waals surface area contributed by atoms with Gasteiger partial charge < -0.3 is 5.73 Å². The van der Waals surface area contributed by atoms with Crippen molar-refractivity contribution in [3.05, 3.63) is 35.9 Å². The fourth-order valence-corrected chi connectivity index (χ4v) is 3.43. The van der Waals surface area contributed by atoms with E-state index in [1.165, 1.54) is 0 Å². The zero-order chi connectivity index (χ0) is 13.2. The van der Waals surface area contributed by atoms with E-state index in [4.69, 9.17) is 5.73 Å². The van der Waals surface area contributed by atoms with Crippen LogP contribution in [-0.2, 0) is 10.0 Å². The molecule has 0 spiro atoms. The molecule has 0 aromatic heterocycles. The average molecular weight is 254 g/mol. The summed E-state index contributed by atoms with van der Waals surface area (Å²) in [6, 6.07) is 3.00. The second-order valence-corrected chi connectivity index (χ2v) is 5.78. The Balaban J connectivity index is 3.29. The molecule has 0 amide bonds. The fourth-order valence-electron chi connectivity index (χ4n) is 1.76. The Labute approximate surface area is 103 Å². The van der Waals surface area contributed by atoms with Crippen LogP contribution >= 0.6 is 0 Å². The van der Waals surface area contributed by atoms with E-state index in [0.29, 0.717) is 21.7 Å². The molecule has 0 bridgehead atoms. The molecular formula is C12H18N2O2S. The number of benzene rings is 1. The highest BCUT2D eigenvalue weighted by Crippen LogP contribution is 2.23. The van der Waals surface area contributed by atoms with E-state index < -0.39 is 10.0 Å². The lowest BCUT2D eigenvalue weighted by molar-refractivity contribution is 0.575. The molecule has 0 saturated carbocycles. The number of sulfonamides is 1. The molecule has 1 aromatic rings. The summed E-state index contributed by atoms with van der Waals surface area (Å²) >= 11 is 0. The third-order valence-corrected chi connectivity index (χ3v) is 4.31. The first-order valence-corrected chi connectivity index (χ1v) is 6.78. The first-order valence-electron chi connectivity index (χ1n) is 5.29. The van der Waals surface area contributed by atoms with Crippen molar-refractivity contribution in [3.63, 3.8) is 0 Å². The predicted molar refractivity (Wildman–Crippen MR) is 70.3 cm³/mol. The molecule has 17 heavy (non-hydrogen) atoms. The van der Waals surface area contributed by atoms with Crippen LogP contribution in [0.3, 0.4) is 0 Å². The van der Waals surface area contributed by atoms with Crippen LogP contribution in [0.1, 0.15) is 18.1 Å². The summed E-state index contributed by atoms with van der Waals surface area (Å²) in [7, 11) is -3.53. The summed E-state index contributed by atoms with van der Waals surface area (Å²) in [6.07, 6.45) is 1.54. The largest absolute Gasteiger partial charge is 0.399 e. The Kier molecular flexibility index (Phi) is 3.95. The van der Waals surface area contributed by atoms with Gasteiger partial charge in [-0.05, 0) is 44.0 Å². The Morgan fingerprint density at radius 1 is 1.35 bits per heavy atom. The predicted octanol–water partition coefficient (Wildman–Crippen LogP) is 1.74. The minimum Gasteiger partial charge on any atom is -0.399 e. The summed E-state index contributed by atoms with van der Waals surface area (Å²) in [5, 5.41) is 0. The zero-order valence-corrected chi connectivity index (χ0v) is 11.1. The number of aryl methyl sites for hydroxylation is 2. The van der Waals surface area contributed by atoms with Crippen LogP contribution in [0.4, 0.5) is 5.69 Å². The highest BCUT2D eigenvalue weighted by molar-refractivity contribution is 7.89. The maximum absolute atomic E-state index is 12.2. The quantitative estimate of drug-likeness (QED) is 0.635. The van der Waals surface area contributed by atoms with Crippen molar-refractivity contribution in [3.8, 4) is 0 Å². The zero-order valence-electron chi connectivity index (χ0n) is 10.3. The Bertz CT molecular complexity index is 512. The summed E-state index contributed by atoms with van der Waals surface area (Å²) in [6.45, 7) is 8.74. The molecule has 0 aliphatic carbocycles. The smallest absolute Gasteiger partial charge is 0.241 e. The topological polar surface area (TPSA) is 72.2 Å². The standard InChI is InChI=1S/C12H18N2O2S/c1-5-10(4)14-17(15,16)12-8(2)6-11(13)7-9(12)3/h5-7,10,14H,1,13H2,2-4H3. The molecule has 0 radical (unpaired) electrons. The molecule has 0 heterocycles. The summed E-state index contributed by atoms with van der Waals surface area (Å²) in [5.74, 6) is 0. The van der Waals surface area contributed by atoms with Crippen molar-refractivity contribution in [2.45, 2.75) is 31.7 Å². The molecule has 3 N–H and O–H groups in total. The second kappa shape index (κ2) is 4.89. The van der Waals surface area contributed by atoms with Crippen LogP contribution in [0.25, 0.3) is 0 Å². The van der Waals surface area contributed by atoms with Gasteiger partial charge >= 0.3 is 0 Å². The van der Waals surface area contributed by atoms with Crippen molar-refractivity contribution in [1.82, 2.24) is 4.72 Å². The van der Waals surface area contributed by atoms with Crippen LogP contribution in [0.15, 0.2) is 29.7 Å². The van der Waals surface area contributed by atoms with E-state index in [1.54, 1.807) is 39.0 Å². The molecule has 1 rings (SSSR count). The third kappa shape index (κ3) is 3.08. The minimum atomic E-state index is -3.53. The van der Waals surface area contributed by atoms with Gasteiger partial charge in [-0.25, -0.2) is 13.1 Å². The van der Waals surface area contributed by atoms with Crippen molar-refractivity contribution in [2.75, 3.05) is 5.73 Å². The van der Waals surface area contributed by atoms with Gasteiger partial charge in [0.1, 0.15) is 0 Å². The molecule has 1 atom stereocenters. The van der Waals surface area contributed by atoms with E-state index in [-0.39, 0.29) is 6.04 Å². The minimum absolute atomic E-state index is 0.292. The molecule has 5 heteroatoms. The molecule has 4 nitrogen and oxygen atoms in total. The van der Waals surface area contributed by atoms with E-state index >= 15 is 0 Å². The Morgan fingerprint density at radius 2 is 1.82 bits per heavy atom. The van der Waals surface area contributed by atoms with E-state index in [1.807, 2.05) is 0 Å². The maximum atomic E-state index is 12.2. The van der Waals surface area contributed by atoms with Crippen LogP contribution in [0, 0.1) is 13.8 Å². The van der Waals surface area contributed by atoms with Crippen LogP contribution < -0.4 is 10.5 Å². The van der Waals surface area contributed by atoms with Crippen LogP contribution in [-0.4, -0.2) is 14.5 Å². The lowest BCUT2D eigenvalue weighted by Crippen LogP contribution is -2.32. The van der Waals surface area contributed by atoms with Gasteiger partial charge in [0.25, 0.3) is 0 Å². The number of hydrogen-bond donors (Lipinski definition) is 2. The lowest BCUT2D eigenvalue weighted by Gasteiger charge is -2.15. The van der Waals surface area contributed by atoms with Gasteiger partial charge in [0.2, 0.25) is 10.0 Å². The van der Waals surface area contributed by atoms with E-state index in [0.717, 1.165) is 0 Å². The SMILES string of the molecule is C=CC(C)NS(=O)(=O)c1c(C)cc(N)cc1C. The lowest BCUT2D eigenvalue weighted by atomic mass is 10.1. The van der Waals surface area contributed by atoms with Crippen molar-refractivity contribution >= 4 is 15.7 Å². The van der Waals surface area contributed by atoms with Crippen molar-refractivity contribution < 1.29 is 8.42 Å². The number of nitrogen functional groups attached to an aromatic ring is 1. The molecule has 0 saturated heterocycles. The third-order valence-electron chi connectivity index (χ3n) is 2.45. The van der Waals surface area contributed by atoms with Gasteiger partial charge in [0.05, 0.1) is 4.90 Å². The highest BCUT2D eigenvalue weighted by atomic mass is 32.2. The number of hydrogen-bond acceptors (Lipinski definition) is 3. The number of nitrogens with one attached hydrogen (secondary N) is 1. The fraction of sp³-hybridized carbons (Fsp3) is 0.333. The summed E-state index contributed by atoms with van der Waals surface area (Å²) in [4.78, 5) is 0.292. The van der Waals surface area contributed by atoms with Gasteiger partial charge in [-0.2, -0.15) is 0 Å². The van der Waals surface area contributed by atoms with Gasteiger partial charge in [0, 0.05) is 11.7 Å².